The van der Waals surface area contributed by atoms with Gasteiger partial charge in [-0.25, -0.2) is 8.78 Å². The second kappa shape index (κ2) is 27.3. The molecule has 6 N–H and O–H groups in total. The van der Waals surface area contributed by atoms with E-state index < -0.39 is 35.0 Å². The molecule has 4 atom stereocenters. The predicted molar refractivity (Wildman–Crippen MR) is 320 cm³/mol. The van der Waals surface area contributed by atoms with Gasteiger partial charge in [0.25, 0.3) is 11.1 Å². The standard InChI is InChI=1S/C64H86F2N10O8/c1-39(67-7)57(79)69-49(61(83)75-37-63(3,4)55-51(75)35-45(59(81)71-55)31-41-15-19-47(65)20-16-41)33-43-23-27-73(28-24-43)53(77)13-11-9-10-12-14-54(78)74-29-25-44(26-30-74)34-50(70-58(80)40(2)68-8)62(84)76-38-64(5,6)56-52(76)36-46(60(82)72-56)32-42-17-21-48(66)22-18-42/h15-22,35-36,39-40,43-44,49-50,67-68H,9-14,23-34,37-38H2,1-8H3,(H,69,79)(H,70,80)(H,71,81)(H,72,82)/t39-,40-,49-,50-/m0/s1. The van der Waals surface area contributed by atoms with E-state index in [2.05, 4.69) is 31.2 Å². The average molecular weight is 1160 g/mol. The van der Waals surface area contributed by atoms with Gasteiger partial charge in [-0.2, -0.15) is 0 Å². The molecule has 0 radical (unpaired) electrons. The summed E-state index contributed by atoms with van der Waals surface area (Å²) in [5.41, 5.74) is 3.14. The number of benzene rings is 2. The quantitative estimate of drug-likeness (QED) is 0.0457. The van der Waals surface area contributed by atoms with Gasteiger partial charge in [-0.15, -0.1) is 0 Å². The second-order valence-electron chi connectivity index (χ2n) is 25.2. The van der Waals surface area contributed by atoms with Crippen molar-refractivity contribution in [2.45, 2.75) is 166 Å². The van der Waals surface area contributed by atoms with Crippen LogP contribution in [0, 0.1) is 23.5 Å². The lowest BCUT2D eigenvalue weighted by atomic mass is 9.89. The molecule has 0 unspecified atom stereocenters. The minimum atomic E-state index is -0.849. The van der Waals surface area contributed by atoms with Crippen molar-refractivity contribution >= 4 is 46.8 Å². The lowest BCUT2D eigenvalue weighted by Gasteiger charge is -2.35. The number of unbranched alkanes of at least 4 members (excludes halogenated alkanes) is 3. The maximum atomic E-state index is 14.7. The summed E-state index contributed by atoms with van der Waals surface area (Å²) in [5.74, 6) is -1.61. The Morgan fingerprint density at radius 2 is 0.905 bits per heavy atom. The molecule has 2 aromatic carbocycles. The molecule has 8 rings (SSSR count). The summed E-state index contributed by atoms with van der Waals surface area (Å²) in [6.45, 7) is 14.1. The van der Waals surface area contributed by atoms with Gasteiger partial charge in [-0.3, -0.25) is 38.4 Å². The molecule has 4 aromatic rings. The van der Waals surface area contributed by atoms with E-state index in [1.54, 1.807) is 74.1 Å². The van der Waals surface area contributed by atoms with Crippen LogP contribution in [0.3, 0.4) is 0 Å². The normalized spacial score (nSPS) is 18.2. The van der Waals surface area contributed by atoms with E-state index >= 15 is 0 Å². The summed E-state index contributed by atoms with van der Waals surface area (Å²) in [6.07, 6.45) is 7.79. The molecule has 20 heteroatoms. The van der Waals surface area contributed by atoms with Crippen molar-refractivity contribution in [2.75, 3.05) is 63.2 Å². The molecule has 4 aliphatic heterocycles. The van der Waals surface area contributed by atoms with Gasteiger partial charge >= 0.3 is 0 Å². The van der Waals surface area contributed by atoms with Crippen LogP contribution in [0.1, 0.15) is 152 Å². The monoisotopic (exact) mass is 1160 g/mol. The second-order valence-corrected chi connectivity index (χ2v) is 25.2. The molecule has 6 heterocycles. The van der Waals surface area contributed by atoms with Crippen LogP contribution in [-0.4, -0.2) is 133 Å². The third kappa shape index (κ3) is 15.2. The van der Waals surface area contributed by atoms with E-state index in [1.807, 2.05) is 37.5 Å². The highest BCUT2D eigenvalue weighted by Crippen LogP contribution is 2.41. The number of likely N-dealkylation sites (N-methyl/N-ethyl adjacent to an activating group) is 2. The van der Waals surface area contributed by atoms with Gasteiger partial charge in [0.2, 0.25) is 35.4 Å². The molecule has 0 spiro atoms. The highest BCUT2D eigenvalue weighted by Gasteiger charge is 2.45. The number of hydrogen-bond acceptors (Lipinski definition) is 10. The minimum absolute atomic E-state index is 0.0649. The number of aromatic nitrogens is 2. The maximum Gasteiger partial charge on any atom is 0.251 e. The molecule has 0 bridgehead atoms. The van der Waals surface area contributed by atoms with Crippen molar-refractivity contribution in [1.29, 1.82) is 0 Å². The molecule has 2 fully saturated rings. The molecule has 18 nitrogen and oxygen atoms in total. The zero-order valence-electron chi connectivity index (χ0n) is 50.2. The van der Waals surface area contributed by atoms with Gasteiger partial charge in [-0.1, -0.05) is 64.8 Å². The van der Waals surface area contributed by atoms with Gasteiger partial charge in [0.1, 0.15) is 23.7 Å². The third-order valence-electron chi connectivity index (χ3n) is 17.9. The van der Waals surface area contributed by atoms with E-state index in [9.17, 15) is 47.1 Å². The first-order valence-corrected chi connectivity index (χ1v) is 30.1. The average Bonchev–Trinajstić information content (AvgIpc) is 2.25. The topological polar surface area (TPSA) is 229 Å². The van der Waals surface area contributed by atoms with Crippen LogP contribution in [0.2, 0.25) is 0 Å². The number of anilines is 2. The number of likely N-dealkylation sites (tertiary alicyclic amines) is 2. The Kier molecular flexibility index (Phi) is 20.5. The summed E-state index contributed by atoms with van der Waals surface area (Å²) in [6, 6.07) is 12.6. The zero-order valence-corrected chi connectivity index (χ0v) is 50.2. The fourth-order valence-electron chi connectivity index (χ4n) is 12.4. The number of halogens is 2. The van der Waals surface area contributed by atoms with Crippen LogP contribution in [0.5, 0.6) is 0 Å². The first kappa shape index (κ1) is 63.0. The van der Waals surface area contributed by atoms with Gasteiger partial charge in [0.05, 0.1) is 23.5 Å². The molecular formula is C64H86F2N10O8. The molecule has 2 saturated heterocycles. The number of nitrogens with zero attached hydrogens (tertiary/aromatic N) is 4. The largest absolute Gasteiger partial charge is 0.343 e. The first-order chi connectivity index (χ1) is 39.9. The van der Waals surface area contributed by atoms with Gasteiger partial charge in [0.15, 0.2) is 0 Å². The molecule has 4 aliphatic rings. The molecule has 2 aromatic heterocycles. The number of amides is 6. The van der Waals surface area contributed by atoms with Crippen LogP contribution in [-0.2, 0) is 52.4 Å². The number of hydrogen-bond donors (Lipinski definition) is 6. The number of aromatic amines is 2. The molecule has 84 heavy (non-hydrogen) atoms. The van der Waals surface area contributed by atoms with Crippen LogP contribution < -0.4 is 42.2 Å². The number of fused-ring (bicyclic) bond motifs is 2. The smallest absolute Gasteiger partial charge is 0.251 e. The van der Waals surface area contributed by atoms with E-state index in [0.717, 1.165) is 24.0 Å². The molecule has 6 amide bonds. The van der Waals surface area contributed by atoms with Crippen LogP contribution in [0.4, 0.5) is 20.2 Å². The van der Waals surface area contributed by atoms with E-state index in [0.29, 0.717) is 137 Å². The van der Waals surface area contributed by atoms with Crippen molar-refractivity contribution in [1.82, 2.24) is 41.0 Å². The molecular weight excluding hydrogens is 1070 g/mol. The maximum absolute atomic E-state index is 14.7. The number of pyridine rings is 2. The summed E-state index contributed by atoms with van der Waals surface area (Å²) >= 11 is 0. The summed E-state index contributed by atoms with van der Waals surface area (Å²) < 4.78 is 27.4. The Bertz CT molecular complexity index is 2940. The van der Waals surface area contributed by atoms with E-state index in [-0.39, 0.29) is 82.9 Å². The lowest BCUT2D eigenvalue weighted by molar-refractivity contribution is -0.134. The minimum Gasteiger partial charge on any atom is -0.343 e. The number of rotatable bonds is 23. The van der Waals surface area contributed by atoms with Crippen molar-refractivity contribution in [3.63, 3.8) is 0 Å². The fourth-order valence-corrected chi connectivity index (χ4v) is 12.4. The highest BCUT2D eigenvalue weighted by molar-refractivity contribution is 6.02. The molecule has 454 valence electrons. The Hall–Kier alpha value is -7.06. The number of carbonyl (C=O) groups excluding carboxylic acids is 6. The van der Waals surface area contributed by atoms with Crippen LogP contribution in [0.15, 0.2) is 70.3 Å². The molecule has 0 aliphatic carbocycles. The van der Waals surface area contributed by atoms with Crippen molar-refractivity contribution in [3.05, 3.63) is 127 Å². The van der Waals surface area contributed by atoms with Crippen LogP contribution in [0.25, 0.3) is 0 Å². The summed E-state index contributed by atoms with van der Waals surface area (Å²) in [5, 5.41) is 12.0. The summed E-state index contributed by atoms with van der Waals surface area (Å²) in [7, 11) is 3.36. The van der Waals surface area contributed by atoms with Crippen molar-refractivity contribution < 1.29 is 37.5 Å². The fraction of sp³-hybridized carbons (Fsp3) is 0.562. The van der Waals surface area contributed by atoms with Crippen molar-refractivity contribution in [2.24, 2.45) is 11.8 Å². The van der Waals surface area contributed by atoms with Crippen LogP contribution >= 0.6 is 0 Å². The third-order valence-corrected chi connectivity index (χ3v) is 17.9. The summed E-state index contributed by atoms with van der Waals surface area (Å²) in [4.78, 5) is 123. The van der Waals surface area contributed by atoms with Gasteiger partial charge < -0.3 is 50.8 Å². The van der Waals surface area contributed by atoms with Crippen molar-refractivity contribution in [3.8, 4) is 0 Å². The van der Waals surface area contributed by atoms with E-state index in [4.69, 9.17) is 0 Å². The Morgan fingerprint density at radius 1 is 0.560 bits per heavy atom. The number of carbonyl (C=O) groups is 6. The predicted octanol–water partition coefficient (Wildman–Crippen LogP) is 6.26. The first-order valence-electron chi connectivity index (χ1n) is 30.1. The van der Waals surface area contributed by atoms with E-state index in [1.165, 1.54) is 24.3 Å². The Labute approximate surface area is 491 Å². The highest BCUT2D eigenvalue weighted by atomic mass is 19.1. The Morgan fingerprint density at radius 3 is 1.24 bits per heavy atom. The molecule has 0 saturated carbocycles. The zero-order chi connectivity index (χ0) is 60.6. The number of nitrogens with one attached hydrogen (secondary N) is 6. The number of piperidine rings is 2. The van der Waals surface area contributed by atoms with Gasteiger partial charge in [0, 0.05) is 98.3 Å². The van der Waals surface area contributed by atoms with Gasteiger partial charge in [-0.05, 0) is 139 Å². The number of H-pyrrole nitrogens is 2. The Balaban J connectivity index is 0.779. The lowest BCUT2D eigenvalue weighted by Crippen LogP contribution is -2.54. The SMILES string of the molecule is CN[C@@H](C)C(=O)N[C@@H](CC1CCN(C(=O)CCCCCCC(=O)N2CCC(C[C@H](NC(=O)[C@H](C)NC)C(=O)N3CC(C)(C)c4[nH]c(=O)c(Cc5ccc(F)cc5)cc43)CC2)CC1)C(=O)N1CC(C)(C)c2[nH]c(=O)c(Cc3ccc(F)cc3)cc21.